The summed E-state index contributed by atoms with van der Waals surface area (Å²) in [5.74, 6) is 0.449. The average molecular weight is 343 g/mol. The molecule has 1 aromatic heterocycles. The number of anilines is 2. The van der Waals surface area contributed by atoms with Crippen molar-refractivity contribution in [3.63, 3.8) is 0 Å². The molecule has 1 aromatic carbocycles. The van der Waals surface area contributed by atoms with E-state index in [1.807, 2.05) is 24.3 Å². The summed E-state index contributed by atoms with van der Waals surface area (Å²) in [5, 5.41) is 14.3. The summed E-state index contributed by atoms with van der Waals surface area (Å²) in [7, 11) is 0. The monoisotopic (exact) mass is 343 g/mol. The topological polar surface area (TPSA) is 93.3 Å². The lowest BCUT2D eigenvalue weighted by Crippen LogP contribution is -2.48. The molecule has 2 heterocycles. The first-order chi connectivity index (χ1) is 11.9. The molecule has 0 saturated heterocycles. The maximum Gasteiger partial charge on any atom is 0.381 e. The van der Waals surface area contributed by atoms with Crippen molar-refractivity contribution in [3.8, 4) is 0 Å². The molecule has 1 amide bonds. The number of hydrogen-bond donors (Lipinski definition) is 1. The molecule has 3 rings (SSSR count). The summed E-state index contributed by atoms with van der Waals surface area (Å²) in [6, 6.07) is 7.83. The molecule has 0 radical (unpaired) electrons. The Morgan fingerprint density at radius 1 is 1.44 bits per heavy atom. The van der Waals surface area contributed by atoms with Gasteiger partial charge in [-0.1, -0.05) is 26.0 Å². The zero-order valence-electron chi connectivity index (χ0n) is 14.5. The van der Waals surface area contributed by atoms with Crippen molar-refractivity contribution in [2.45, 2.75) is 33.4 Å². The van der Waals surface area contributed by atoms with Crippen LogP contribution in [0, 0.1) is 23.0 Å². The van der Waals surface area contributed by atoms with Crippen molar-refractivity contribution in [1.82, 2.24) is 9.55 Å². The van der Waals surface area contributed by atoms with E-state index in [9.17, 15) is 14.9 Å². The quantitative estimate of drug-likeness (QED) is 0.680. The third kappa shape index (κ3) is 3.33. The predicted octanol–water partition coefficient (Wildman–Crippen LogP) is 2.58. The van der Waals surface area contributed by atoms with Gasteiger partial charge in [0.25, 0.3) is 0 Å². The number of nitrogens with one attached hydrogen (secondary N) is 1. The van der Waals surface area contributed by atoms with E-state index in [1.165, 1.54) is 10.8 Å². The van der Waals surface area contributed by atoms with E-state index in [2.05, 4.69) is 24.1 Å². The number of aryl methyl sites for hydroxylation is 1. The molecule has 2 aromatic rings. The normalized spacial score (nSPS) is 16.5. The minimum atomic E-state index is -0.553. The van der Waals surface area contributed by atoms with E-state index in [0.29, 0.717) is 18.3 Å². The highest BCUT2D eigenvalue weighted by Crippen LogP contribution is 2.32. The van der Waals surface area contributed by atoms with Crippen LogP contribution in [-0.4, -0.2) is 33.0 Å². The Balaban J connectivity index is 1.87. The van der Waals surface area contributed by atoms with Crippen molar-refractivity contribution in [2.75, 3.05) is 16.8 Å². The fourth-order valence-electron chi connectivity index (χ4n) is 2.96. The molecule has 0 bridgehead atoms. The number of nitro groups is 1. The van der Waals surface area contributed by atoms with Crippen LogP contribution in [0.25, 0.3) is 0 Å². The molecule has 0 saturated carbocycles. The van der Waals surface area contributed by atoms with Crippen molar-refractivity contribution in [2.24, 2.45) is 5.92 Å². The summed E-state index contributed by atoms with van der Waals surface area (Å²) in [5.41, 5.74) is 1.76. The molecule has 1 N–H and O–H groups in total. The zero-order chi connectivity index (χ0) is 18.1. The van der Waals surface area contributed by atoms with Gasteiger partial charge in [-0.05, 0) is 28.0 Å². The van der Waals surface area contributed by atoms with Crippen LogP contribution in [0.3, 0.4) is 0 Å². The molecule has 1 unspecified atom stereocenters. The Hall–Kier alpha value is -2.90. The fourth-order valence-corrected chi connectivity index (χ4v) is 2.96. The van der Waals surface area contributed by atoms with Gasteiger partial charge in [0.1, 0.15) is 12.7 Å². The Bertz CT molecular complexity index is 814. The van der Waals surface area contributed by atoms with Gasteiger partial charge in [-0.25, -0.2) is 0 Å². The van der Waals surface area contributed by atoms with Gasteiger partial charge in [-0.15, -0.1) is 0 Å². The van der Waals surface area contributed by atoms with Crippen LogP contribution in [0.4, 0.5) is 17.2 Å². The maximum atomic E-state index is 12.9. The lowest BCUT2D eigenvalue weighted by molar-refractivity contribution is -0.389. The van der Waals surface area contributed by atoms with Crippen molar-refractivity contribution < 1.29 is 9.72 Å². The largest absolute Gasteiger partial charge is 0.381 e. The molecule has 8 heteroatoms. The molecule has 8 nitrogen and oxygen atoms in total. The van der Waals surface area contributed by atoms with Gasteiger partial charge in [0, 0.05) is 19.5 Å². The van der Waals surface area contributed by atoms with Gasteiger partial charge in [0.15, 0.2) is 0 Å². The number of benzene rings is 1. The summed E-state index contributed by atoms with van der Waals surface area (Å²) in [6.45, 7) is 6.45. The van der Waals surface area contributed by atoms with E-state index >= 15 is 0 Å². The number of fused-ring (bicyclic) bond motifs is 1. The van der Waals surface area contributed by atoms with Crippen molar-refractivity contribution in [3.05, 3.63) is 46.4 Å². The van der Waals surface area contributed by atoms with Gasteiger partial charge >= 0.3 is 5.82 Å². The predicted molar refractivity (Wildman–Crippen MR) is 94.7 cm³/mol. The number of aromatic nitrogens is 2. The number of rotatable bonds is 4. The van der Waals surface area contributed by atoms with E-state index in [0.717, 1.165) is 11.4 Å². The van der Waals surface area contributed by atoms with Crippen LogP contribution in [0.2, 0.25) is 0 Å². The van der Waals surface area contributed by atoms with Crippen LogP contribution in [0.1, 0.15) is 19.7 Å². The molecule has 0 spiro atoms. The van der Waals surface area contributed by atoms with E-state index in [1.54, 1.807) is 11.8 Å². The molecule has 0 fully saturated rings. The van der Waals surface area contributed by atoms with Crippen LogP contribution in [0.5, 0.6) is 0 Å². The molecule has 25 heavy (non-hydrogen) atoms. The number of amides is 1. The zero-order valence-corrected chi connectivity index (χ0v) is 14.5. The van der Waals surface area contributed by atoms with Gasteiger partial charge in [0.2, 0.25) is 11.7 Å². The highest BCUT2D eigenvalue weighted by Gasteiger charge is 2.30. The summed E-state index contributed by atoms with van der Waals surface area (Å²) >= 11 is 0. The molecule has 0 aliphatic carbocycles. The second-order valence-electron chi connectivity index (χ2n) is 6.55. The summed E-state index contributed by atoms with van der Waals surface area (Å²) < 4.78 is 1.52. The maximum absolute atomic E-state index is 12.9. The second-order valence-corrected chi connectivity index (χ2v) is 6.55. The third-order valence-corrected chi connectivity index (χ3v) is 4.48. The van der Waals surface area contributed by atoms with Gasteiger partial charge in [-0.2, -0.15) is 0 Å². The number of carbonyl (C=O) groups is 1. The second kappa shape index (κ2) is 6.54. The van der Waals surface area contributed by atoms with Gasteiger partial charge in [0.05, 0.1) is 11.4 Å². The minimum Gasteiger partial charge on any atom is -0.379 e. The SMILES string of the molecule is Cc1nc([N+](=O)[O-])cn1CC(=O)N1CC(C(C)C)Nc2ccccc21. The van der Waals surface area contributed by atoms with Crippen molar-refractivity contribution >= 4 is 23.1 Å². The van der Waals surface area contributed by atoms with E-state index in [4.69, 9.17) is 0 Å². The van der Waals surface area contributed by atoms with Crippen LogP contribution in [-0.2, 0) is 11.3 Å². The minimum absolute atomic E-state index is 0.0197. The lowest BCUT2D eigenvalue weighted by Gasteiger charge is -2.37. The Morgan fingerprint density at radius 2 is 2.16 bits per heavy atom. The first-order valence-corrected chi connectivity index (χ1v) is 8.21. The lowest BCUT2D eigenvalue weighted by atomic mass is 10.00. The highest BCUT2D eigenvalue weighted by molar-refractivity contribution is 5.97. The van der Waals surface area contributed by atoms with Crippen LogP contribution < -0.4 is 10.2 Å². The smallest absolute Gasteiger partial charge is 0.379 e. The number of nitrogens with zero attached hydrogens (tertiary/aromatic N) is 4. The van der Waals surface area contributed by atoms with Crippen LogP contribution in [0.15, 0.2) is 30.5 Å². The molecular weight excluding hydrogens is 322 g/mol. The van der Waals surface area contributed by atoms with Crippen molar-refractivity contribution in [1.29, 1.82) is 0 Å². The number of carbonyl (C=O) groups excluding carboxylic acids is 1. The van der Waals surface area contributed by atoms with E-state index < -0.39 is 4.92 Å². The molecule has 1 aliphatic rings. The van der Waals surface area contributed by atoms with Gasteiger partial charge < -0.3 is 20.3 Å². The highest BCUT2D eigenvalue weighted by atomic mass is 16.6. The Morgan fingerprint density at radius 3 is 2.80 bits per heavy atom. The molecule has 1 atom stereocenters. The van der Waals surface area contributed by atoms with Crippen LogP contribution >= 0.6 is 0 Å². The standard InChI is InChI=1S/C17H21N5O3/c1-11(2)14-8-21(15-7-5-4-6-13(15)19-14)17(23)10-20-9-16(22(24)25)18-12(20)3/h4-7,9,11,14,19H,8,10H2,1-3H3. The summed E-state index contributed by atoms with van der Waals surface area (Å²) in [6.07, 6.45) is 1.31. The first-order valence-electron chi connectivity index (χ1n) is 8.21. The third-order valence-electron chi connectivity index (χ3n) is 4.48. The van der Waals surface area contributed by atoms with E-state index in [-0.39, 0.29) is 24.3 Å². The molecular formula is C17H21N5O3. The van der Waals surface area contributed by atoms with Gasteiger partial charge in [-0.3, -0.25) is 9.36 Å². The summed E-state index contributed by atoms with van der Waals surface area (Å²) in [4.78, 5) is 28.8. The first kappa shape index (κ1) is 16.9. The molecule has 132 valence electrons. The number of hydrogen-bond acceptors (Lipinski definition) is 5. The molecule has 1 aliphatic heterocycles. The Kier molecular flexibility index (Phi) is 4.43. The fraction of sp³-hybridized carbons (Fsp3) is 0.412. The number of para-hydroxylation sites is 2. The number of imidazole rings is 1. The Labute approximate surface area is 145 Å². The average Bonchev–Trinajstić information content (AvgIpc) is 2.94.